The van der Waals surface area contributed by atoms with Crippen LogP contribution < -0.4 is 5.32 Å². The zero-order chi connectivity index (χ0) is 13.9. The summed E-state index contributed by atoms with van der Waals surface area (Å²) in [5.74, 6) is 0.0282. The van der Waals surface area contributed by atoms with E-state index in [1.807, 2.05) is 6.07 Å². The van der Waals surface area contributed by atoms with Crippen LogP contribution >= 0.6 is 0 Å². The second kappa shape index (κ2) is 5.05. The Labute approximate surface area is 115 Å². The van der Waals surface area contributed by atoms with E-state index in [1.54, 1.807) is 42.7 Å². The van der Waals surface area contributed by atoms with Gasteiger partial charge in [-0.25, -0.2) is 4.98 Å². The first-order chi connectivity index (χ1) is 9.72. The van der Waals surface area contributed by atoms with Crippen LogP contribution in [0.5, 0.6) is 5.75 Å². The van der Waals surface area contributed by atoms with Gasteiger partial charge in [0, 0.05) is 12.1 Å². The molecule has 1 heterocycles. The van der Waals surface area contributed by atoms with Crippen molar-refractivity contribution in [2.24, 2.45) is 0 Å². The molecule has 0 atom stereocenters. The Morgan fingerprint density at radius 3 is 3.00 bits per heavy atom. The van der Waals surface area contributed by atoms with E-state index in [-0.39, 0.29) is 11.7 Å². The molecule has 0 spiro atoms. The number of fused-ring (bicyclic) bond motifs is 1. The van der Waals surface area contributed by atoms with Crippen molar-refractivity contribution in [3.05, 3.63) is 59.9 Å². The first-order valence-corrected chi connectivity index (χ1v) is 6.21. The van der Waals surface area contributed by atoms with Crippen molar-refractivity contribution < 1.29 is 9.90 Å². The van der Waals surface area contributed by atoms with E-state index in [1.165, 1.54) is 0 Å². The number of nitrogens with zero attached hydrogens (tertiary/aromatic N) is 1. The molecular formula is C15H13N3O2. The number of aromatic nitrogens is 2. The average molecular weight is 267 g/mol. The van der Waals surface area contributed by atoms with E-state index >= 15 is 0 Å². The minimum absolute atomic E-state index is 0.162. The molecule has 0 saturated heterocycles. The van der Waals surface area contributed by atoms with Gasteiger partial charge in [0.1, 0.15) is 5.75 Å². The van der Waals surface area contributed by atoms with Gasteiger partial charge in [-0.15, -0.1) is 0 Å². The number of hydrogen-bond acceptors (Lipinski definition) is 3. The molecular weight excluding hydrogens is 254 g/mol. The van der Waals surface area contributed by atoms with Crippen LogP contribution in [-0.2, 0) is 6.54 Å². The monoisotopic (exact) mass is 267 g/mol. The third-order valence-corrected chi connectivity index (χ3v) is 3.05. The van der Waals surface area contributed by atoms with Gasteiger partial charge in [-0.1, -0.05) is 12.1 Å². The maximum atomic E-state index is 12.1. The Balaban J connectivity index is 1.72. The van der Waals surface area contributed by atoms with Gasteiger partial charge in [0.25, 0.3) is 5.91 Å². The number of phenols is 1. The van der Waals surface area contributed by atoms with E-state index in [4.69, 9.17) is 0 Å². The van der Waals surface area contributed by atoms with Crippen molar-refractivity contribution in [1.29, 1.82) is 0 Å². The van der Waals surface area contributed by atoms with E-state index in [2.05, 4.69) is 15.3 Å². The van der Waals surface area contributed by atoms with Gasteiger partial charge in [-0.3, -0.25) is 4.79 Å². The molecule has 1 amide bonds. The first-order valence-electron chi connectivity index (χ1n) is 6.21. The van der Waals surface area contributed by atoms with E-state index in [0.29, 0.717) is 12.1 Å². The fourth-order valence-corrected chi connectivity index (χ4v) is 2.03. The lowest BCUT2D eigenvalue weighted by atomic mass is 10.1. The molecule has 3 aromatic rings. The van der Waals surface area contributed by atoms with Crippen LogP contribution in [0.25, 0.3) is 11.0 Å². The van der Waals surface area contributed by atoms with Crippen LogP contribution in [0.2, 0.25) is 0 Å². The molecule has 2 aromatic carbocycles. The lowest BCUT2D eigenvalue weighted by molar-refractivity contribution is 0.0951. The Hall–Kier alpha value is -2.82. The predicted molar refractivity (Wildman–Crippen MR) is 75.4 cm³/mol. The summed E-state index contributed by atoms with van der Waals surface area (Å²) in [7, 11) is 0. The number of phenolic OH excluding ortho intramolecular Hbond substituents is 1. The van der Waals surface area contributed by atoms with Crippen LogP contribution in [0.15, 0.2) is 48.8 Å². The SMILES string of the molecule is O=C(NCc1cccc(O)c1)c1ccc2nc[nH]c2c1. The number of carbonyl (C=O) groups is 1. The smallest absolute Gasteiger partial charge is 0.251 e. The number of carbonyl (C=O) groups excluding carboxylic acids is 1. The Kier molecular flexibility index (Phi) is 3.09. The van der Waals surface area contributed by atoms with Crippen molar-refractivity contribution in [3.63, 3.8) is 0 Å². The number of rotatable bonds is 3. The number of amides is 1. The van der Waals surface area contributed by atoms with Crippen LogP contribution in [0, 0.1) is 0 Å². The lowest BCUT2D eigenvalue weighted by Gasteiger charge is -2.06. The number of imidazole rings is 1. The number of aromatic amines is 1. The highest BCUT2D eigenvalue weighted by molar-refractivity contribution is 5.97. The second-order valence-corrected chi connectivity index (χ2v) is 4.49. The fraction of sp³-hybridized carbons (Fsp3) is 0.0667. The summed E-state index contributed by atoms with van der Waals surface area (Å²) in [6.45, 7) is 0.369. The largest absolute Gasteiger partial charge is 0.508 e. The zero-order valence-corrected chi connectivity index (χ0v) is 10.6. The second-order valence-electron chi connectivity index (χ2n) is 4.49. The van der Waals surface area contributed by atoms with E-state index in [0.717, 1.165) is 16.6 Å². The van der Waals surface area contributed by atoms with Crippen molar-refractivity contribution >= 4 is 16.9 Å². The van der Waals surface area contributed by atoms with Gasteiger partial charge in [0.05, 0.1) is 17.4 Å². The Morgan fingerprint density at radius 2 is 2.15 bits per heavy atom. The Morgan fingerprint density at radius 1 is 1.25 bits per heavy atom. The number of aromatic hydroxyl groups is 1. The minimum Gasteiger partial charge on any atom is -0.508 e. The quantitative estimate of drug-likeness (QED) is 0.680. The standard InChI is InChI=1S/C15H13N3O2/c19-12-3-1-2-10(6-12)8-16-15(20)11-4-5-13-14(7-11)18-9-17-13/h1-7,9,19H,8H2,(H,16,20)(H,17,18). The minimum atomic E-state index is -0.162. The highest BCUT2D eigenvalue weighted by Gasteiger charge is 2.07. The normalized spacial score (nSPS) is 10.6. The number of H-pyrrole nitrogens is 1. The summed E-state index contributed by atoms with van der Waals surface area (Å²) in [4.78, 5) is 19.1. The maximum absolute atomic E-state index is 12.1. The molecule has 100 valence electrons. The summed E-state index contributed by atoms with van der Waals surface area (Å²) in [5, 5.41) is 12.2. The predicted octanol–water partition coefficient (Wildman–Crippen LogP) is 2.20. The zero-order valence-electron chi connectivity index (χ0n) is 10.6. The Bertz CT molecular complexity index is 764. The van der Waals surface area contributed by atoms with Gasteiger partial charge in [-0.05, 0) is 35.9 Å². The molecule has 0 aliphatic rings. The molecule has 0 unspecified atom stereocenters. The lowest BCUT2D eigenvalue weighted by Crippen LogP contribution is -2.22. The molecule has 1 aromatic heterocycles. The molecule has 0 aliphatic heterocycles. The average Bonchev–Trinajstić information content (AvgIpc) is 2.92. The third kappa shape index (κ3) is 2.47. The van der Waals surface area contributed by atoms with Crippen molar-refractivity contribution in [1.82, 2.24) is 15.3 Å². The van der Waals surface area contributed by atoms with Crippen molar-refractivity contribution in [3.8, 4) is 5.75 Å². The highest BCUT2D eigenvalue weighted by Crippen LogP contribution is 2.13. The van der Waals surface area contributed by atoms with Crippen LogP contribution in [0.3, 0.4) is 0 Å². The number of benzene rings is 2. The summed E-state index contributed by atoms with van der Waals surface area (Å²) in [6, 6.07) is 12.1. The molecule has 0 fully saturated rings. The molecule has 0 radical (unpaired) electrons. The fourth-order valence-electron chi connectivity index (χ4n) is 2.03. The molecule has 3 N–H and O–H groups in total. The first kappa shape index (κ1) is 12.2. The molecule has 5 nitrogen and oxygen atoms in total. The summed E-state index contributed by atoms with van der Waals surface area (Å²) < 4.78 is 0. The molecule has 20 heavy (non-hydrogen) atoms. The van der Waals surface area contributed by atoms with Crippen LogP contribution in [-0.4, -0.2) is 21.0 Å². The van der Waals surface area contributed by atoms with Gasteiger partial charge >= 0.3 is 0 Å². The highest BCUT2D eigenvalue weighted by atomic mass is 16.3. The van der Waals surface area contributed by atoms with E-state index < -0.39 is 0 Å². The maximum Gasteiger partial charge on any atom is 0.251 e. The van der Waals surface area contributed by atoms with Gasteiger partial charge in [0.2, 0.25) is 0 Å². The summed E-state index contributed by atoms with van der Waals surface area (Å²) >= 11 is 0. The van der Waals surface area contributed by atoms with Crippen LogP contribution in [0.1, 0.15) is 15.9 Å². The van der Waals surface area contributed by atoms with Crippen molar-refractivity contribution in [2.45, 2.75) is 6.54 Å². The summed E-state index contributed by atoms with van der Waals surface area (Å²) in [6.07, 6.45) is 1.60. The van der Waals surface area contributed by atoms with Gasteiger partial charge in [0.15, 0.2) is 0 Å². The summed E-state index contributed by atoms with van der Waals surface area (Å²) in [5.41, 5.74) is 3.08. The topological polar surface area (TPSA) is 78.0 Å². The van der Waals surface area contributed by atoms with Gasteiger partial charge < -0.3 is 15.4 Å². The van der Waals surface area contributed by atoms with Crippen LogP contribution in [0.4, 0.5) is 0 Å². The van der Waals surface area contributed by atoms with Crippen molar-refractivity contribution in [2.75, 3.05) is 0 Å². The number of hydrogen-bond donors (Lipinski definition) is 3. The molecule has 0 bridgehead atoms. The molecule has 3 rings (SSSR count). The molecule has 0 aliphatic carbocycles. The molecule has 0 saturated carbocycles. The van der Waals surface area contributed by atoms with Gasteiger partial charge in [-0.2, -0.15) is 0 Å². The molecule has 5 heteroatoms. The third-order valence-electron chi connectivity index (χ3n) is 3.05. The number of nitrogens with one attached hydrogen (secondary N) is 2. The van der Waals surface area contributed by atoms with E-state index in [9.17, 15) is 9.90 Å².